The highest BCUT2D eigenvalue weighted by Crippen LogP contribution is 2.41. The molecule has 424 valence electrons. The number of aromatic nitrogens is 6. The molecule has 21 nitrogen and oxygen atoms in total. The zero-order chi connectivity index (χ0) is 55.8. The molecule has 1 aliphatic carbocycles. The normalized spacial score (nSPS) is 23.0. The number of aryl methyl sites for hydroxylation is 1. The monoisotopic (exact) mass is 1120 g/mol. The predicted molar refractivity (Wildman–Crippen MR) is 296 cm³/mol. The number of anilines is 3. The van der Waals surface area contributed by atoms with Gasteiger partial charge in [0.15, 0.2) is 17.4 Å². The lowest BCUT2D eigenvalue weighted by Gasteiger charge is -2.43. The summed E-state index contributed by atoms with van der Waals surface area (Å²) in [5.74, 6) is -0.678. The van der Waals surface area contributed by atoms with Crippen LogP contribution in [0.15, 0.2) is 70.8 Å². The molecule has 4 aliphatic heterocycles. The number of halogens is 1. The van der Waals surface area contributed by atoms with Crippen molar-refractivity contribution in [2.75, 3.05) is 68.5 Å². The van der Waals surface area contributed by atoms with E-state index in [-0.39, 0.29) is 78.4 Å². The van der Waals surface area contributed by atoms with Crippen molar-refractivity contribution < 1.29 is 47.7 Å². The van der Waals surface area contributed by atoms with Crippen LogP contribution in [0.4, 0.5) is 21.6 Å². The van der Waals surface area contributed by atoms with Gasteiger partial charge >= 0.3 is 0 Å². The number of benzene rings is 1. The first kappa shape index (κ1) is 54.7. The lowest BCUT2D eigenvalue weighted by atomic mass is 9.91. The molecule has 6 atom stereocenters. The van der Waals surface area contributed by atoms with Gasteiger partial charge in [-0.25, -0.2) is 19.3 Å². The van der Waals surface area contributed by atoms with E-state index in [1.165, 1.54) is 29.4 Å². The van der Waals surface area contributed by atoms with Crippen molar-refractivity contribution in [2.24, 2.45) is 5.92 Å². The summed E-state index contributed by atoms with van der Waals surface area (Å²) in [5, 5.41) is 36.8. The molecule has 2 unspecified atom stereocenters. The Morgan fingerprint density at radius 1 is 0.938 bits per heavy atom. The van der Waals surface area contributed by atoms with Crippen molar-refractivity contribution >= 4 is 40.3 Å². The van der Waals surface area contributed by atoms with Crippen LogP contribution >= 0.6 is 11.3 Å². The molecule has 11 rings (SSSR count). The molecule has 0 spiro atoms. The molecule has 1 aromatic carbocycles. The molecule has 2 bridgehead atoms. The average Bonchev–Trinajstić information content (AvgIpc) is 4.30. The van der Waals surface area contributed by atoms with Crippen molar-refractivity contribution in [3.05, 3.63) is 89.1 Å². The van der Waals surface area contributed by atoms with Crippen molar-refractivity contribution in [3.8, 4) is 45.2 Å². The van der Waals surface area contributed by atoms with E-state index >= 15 is 4.39 Å². The van der Waals surface area contributed by atoms with E-state index < -0.39 is 35.8 Å². The fourth-order valence-corrected chi connectivity index (χ4v) is 12.9. The number of likely N-dealkylation sites (tertiary alicyclic amines) is 2. The topological polar surface area (TPSA) is 253 Å². The summed E-state index contributed by atoms with van der Waals surface area (Å²) in [7, 11) is 1.42. The number of para-hydroxylation sites is 1. The Bertz CT molecular complexity index is 3160. The number of nitrogens with zero attached hydrogens (tertiary/aromatic N) is 10. The number of pyridine rings is 2. The van der Waals surface area contributed by atoms with Crippen molar-refractivity contribution in [2.45, 2.75) is 127 Å². The number of piperidine rings is 1. The van der Waals surface area contributed by atoms with Crippen molar-refractivity contribution in [1.29, 1.82) is 0 Å². The number of phenolic OH excluding ortho intramolecular Hbond substituents is 1. The van der Waals surface area contributed by atoms with E-state index in [1.807, 2.05) is 38.2 Å². The zero-order valence-electron chi connectivity index (χ0n) is 45.6. The lowest BCUT2D eigenvalue weighted by Crippen LogP contribution is -2.54. The summed E-state index contributed by atoms with van der Waals surface area (Å²) in [5.41, 5.74) is 12.2. The number of nitrogen functional groups attached to an aromatic ring is 1. The van der Waals surface area contributed by atoms with Crippen LogP contribution in [0, 0.1) is 18.7 Å². The van der Waals surface area contributed by atoms with Gasteiger partial charge in [0.2, 0.25) is 23.6 Å². The number of rotatable bonds is 19. The van der Waals surface area contributed by atoms with Crippen LogP contribution in [0.2, 0.25) is 0 Å². The van der Waals surface area contributed by atoms with Gasteiger partial charge < -0.3 is 59.4 Å². The number of hydrogen-bond acceptors (Lipinski definition) is 20. The highest BCUT2D eigenvalue weighted by Gasteiger charge is 2.45. The smallest absolute Gasteiger partial charge is 0.254 e. The number of aliphatic hydroxyl groups excluding tert-OH is 1. The molecule has 23 heteroatoms. The lowest BCUT2D eigenvalue weighted by molar-refractivity contribution is -0.141. The maximum atomic E-state index is 15.5. The number of carbonyl (C=O) groups is 2. The summed E-state index contributed by atoms with van der Waals surface area (Å²) in [4.78, 5) is 50.5. The first-order chi connectivity index (χ1) is 38.7. The third-order valence-electron chi connectivity index (χ3n) is 16.3. The molecule has 5 fully saturated rings. The fraction of sp³-hybridized carbons (Fsp3) is 0.509. The molecule has 5 aliphatic rings. The number of amides is 2. The van der Waals surface area contributed by atoms with E-state index in [0.717, 1.165) is 76.1 Å². The number of phenols is 1. The third kappa shape index (κ3) is 11.5. The average molecular weight is 1120 g/mol. The molecule has 5 aromatic heterocycles. The molecule has 4 saturated heterocycles. The first-order valence-corrected chi connectivity index (χ1v) is 28.5. The second-order valence-corrected chi connectivity index (χ2v) is 22.9. The number of aromatic hydroxyl groups is 1. The van der Waals surface area contributed by atoms with E-state index in [9.17, 15) is 19.8 Å². The molecule has 1 saturated carbocycles. The summed E-state index contributed by atoms with van der Waals surface area (Å²) in [6.07, 6.45) is 6.84. The first-order valence-electron chi connectivity index (χ1n) is 27.7. The Kier molecular flexibility index (Phi) is 16.1. The van der Waals surface area contributed by atoms with Crippen molar-refractivity contribution in [1.82, 2.24) is 45.4 Å². The number of nitrogens with two attached hydrogens (primary N) is 1. The number of methoxy groups -OCH3 is 1. The van der Waals surface area contributed by atoms with Crippen LogP contribution in [-0.4, -0.2) is 158 Å². The Hall–Kier alpha value is -7.21. The van der Waals surface area contributed by atoms with E-state index in [0.29, 0.717) is 58.0 Å². The van der Waals surface area contributed by atoms with Gasteiger partial charge in [-0.3, -0.25) is 14.5 Å². The summed E-state index contributed by atoms with van der Waals surface area (Å²) in [6.45, 7) is 11.5. The van der Waals surface area contributed by atoms with Crippen LogP contribution in [0.3, 0.4) is 0 Å². The highest BCUT2D eigenvalue weighted by molar-refractivity contribution is 7.13. The molecule has 0 radical (unpaired) electrons. The van der Waals surface area contributed by atoms with Gasteiger partial charge in [0.1, 0.15) is 36.1 Å². The molecule has 2 amide bonds. The third-order valence-corrected chi connectivity index (χ3v) is 17.2. The summed E-state index contributed by atoms with van der Waals surface area (Å²) < 4.78 is 45.7. The minimum atomic E-state index is -0.993. The number of aliphatic hydroxyl groups is 1. The van der Waals surface area contributed by atoms with Gasteiger partial charge in [-0.15, -0.1) is 21.5 Å². The van der Waals surface area contributed by atoms with Crippen LogP contribution < -0.4 is 35.1 Å². The van der Waals surface area contributed by atoms with E-state index in [2.05, 4.69) is 62.5 Å². The fourth-order valence-electron chi connectivity index (χ4n) is 12.1. The summed E-state index contributed by atoms with van der Waals surface area (Å²) in [6, 6.07) is 14.9. The second-order valence-electron chi connectivity index (χ2n) is 22.0. The Labute approximate surface area is 467 Å². The number of carbonyl (C=O) groups excluding carboxylic acids is 2. The van der Waals surface area contributed by atoms with Crippen LogP contribution in [0.1, 0.15) is 94.7 Å². The number of ether oxygens (including phenoxy) is 4. The number of β-amino-alcohol motifs (C(OH)–C–C–N with tert-alkyl or cyclic N) is 1. The van der Waals surface area contributed by atoms with Gasteiger partial charge in [-0.2, -0.15) is 0 Å². The molecule has 9 heterocycles. The SMILES string of the molecule is COc1nc(-c2scnc2C)c(F)cc1[C@H](C)NC(=O)[C@@H]1C[C@@H](O)CN1C(=O)[C@H](c1cc(OCCN2CCC(O[C@H]3C[C@H](Oc4cc(N5C6CCC5CN(c5cc(-c7ccccc7O)nnc5N)C6)ccn4)C3)CC2)no1)C(C)C. The van der Waals surface area contributed by atoms with E-state index in [4.69, 9.17) is 29.2 Å². The molecule has 5 N–H and O–H groups in total. The molecular formula is C57H69FN12O9S. The number of thiazole rings is 1. The van der Waals surface area contributed by atoms with E-state index in [1.54, 1.807) is 37.6 Å². The Morgan fingerprint density at radius 2 is 1.71 bits per heavy atom. The maximum Gasteiger partial charge on any atom is 0.254 e. The minimum absolute atomic E-state index is 0.0270. The Balaban J connectivity index is 0.609. The number of nitrogens with one attached hydrogen (secondary N) is 1. The van der Waals surface area contributed by atoms with Gasteiger partial charge in [0.05, 0.1) is 58.9 Å². The second kappa shape index (κ2) is 23.5. The molecule has 6 aromatic rings. The maximum absolute atomic E-state index is 15.5. The predicted octanol–water partition coefficient (Wildman–Crippen LogP) is 6.70. The van der Waals surface area contributed by atoms with Crippen LogP contribution in [0.25, 0.3) is 21.8 Å². The minimum Gasteiger partial charge on any atom is -0.507 e. The Morgan fingerprint density at radius 3 is 2.44 bits per heavy atom. The largest absolute Gasteiger partial charge is 0.507 e. The van der Waals surface area contributed by atoms with Gasteiger partial charge in [-0.1, -0.05) is 26.0 Å². The van der Waals surface area contributed by atoms with Crippen LogP contribution in [0.5, 0.6) is 23.4 Å². The highest BCUT2D eigenvalue weighted by atomic mass is 32.1. The zero-order valence-corrected chi connectivity index (χ0v) is 46.4. The summed E-state index contributed by atoms with van der Waals surface area (Å²) >= 11 is 1.27. The van der Waals surface area contributed by atoms with Gasteiger partial charge in [0.25, 0.3) is 5.88 Å². The van der Waals surface area contributed by atoms with Gasteiger partial charge in [0, 0.05) is 106 Å². The standard InChI is InChI=1S/C57H69FN12O9S/c1-31(2)51(57(74)69-29-37(71)21-46(69)55(73)62-32(3)42-24-43(58)52(63-56(42)75-5)53-33(4)61-30-80-53)48-26-50(66-79-48)76-19-18-67-16-13-38(14-17-67)77-39-22-40(23-39)78-49-20-34(12-15-60-49)70-35-10-11-36(70)28-68(27-35)45-25-44(64-65-54(45)59)41-8-6-7-9-47(41)72/h6-9,12,15,20,24-26,30-32,35-40,46,51,71-72H,10-11,13-14,16-19,21-23,27-29H2,1-5H3,(H2,59,65)(H,62,73)/t32-,35?,36?,37+,39-,40-,46-,51-/m0/s1. The molecular weight excluding hydrogens is 1050 g/mol. The number of hydrogen-bond donors (Lipinski definition) is 4. The number of fused-ring (bicyclic) bond motifs is 2. The molecule has 80 heavy (non-hydrogen) atoms. The number of piperazine rings is 1. The van der Waals surface area contributed by atoms with Crippen LogP contribution in [-0.2, 0) is 14.3 Å². The quantitative estimate of drug-likeness (QED) is 0.0659. The van der Waals surface area contributed by atoms with Crippen molar-refractivity contribution in [3.63, 3.8) is 0 Å². The van der Waals surface area contributed by atoms with Gasteiger partial charge in [-0.05, 0) is 80.9 Å².